The molecule has 0 atom stereocenters. The molecule has 150 valence electrons. The minimum absolute atomic E-state index is 0.0349. The first kappa shape index (κ1) is 17.9. The zero-order valence-corrected chi connectivity index (χ0v) is 16.7. The summed E-state index contributed by atoms with van der Waals surface area (Å²) in [6.45, 7) is 6.67. The minimum atomic E-state index is -0.0349. The first-order valence-electron chi connectivity index (χ1n) is 10.1. The van der Waals surface area contributed by atoms with Crippen molar-refractivity contribution in [2.24, 2.45) is 0 Å². The van der Waals surface area contributed by atoms with E-state index in [1.165, 1.54) is 6.33 Å². The van der Waals surface area contributed by atoms with Crippen LogP contribution < -0.4 is 9.64 Å². The molecule has 8 nitrogen and oxygen atoms in total. The summed E-state index contributed by atoms with van der Waals surface area (Å²) in [5.41, 5.74) is 2.38. The van der Waals surface area contributed by atoms with Crippen LogP contribution in [0.15, 0.2) is 30.6 Å². The molecular formula is C21H24N6O2. The predicted octanol–water partition coefficient (Wildman–Crippen LogP) is 2.62. The van der Waals surface area contributed by atoms with Crippen molar-refractivity contribution in [3.05, 3.63) is 30.6 Å². The summed E-state index contributed by atoms with van der Waals surface area (Å²) in [4.78, 5) is 25.0. The van der Waals surface area contributed by atoms with Crippen LogP contribution in [-0.4, -0.2) is 62.8 Å². The third kappa shape index (κ3) is 3.39. The van der Waals surface area contributed by atoms with Gasteiger partial charge in [-0.2, -0.15) is 5.10 Å². The van der Waals surface area contributed by atoms with Crippen LogP contribution in [0.25, 0.3) is 22.3 Å². The number of nitrogens with one attached hydrogen (secondary N) is 1. The minimum Gasteiger partial charge on any atom is -0.488 e. The van der Waals surface area contributed by atoms with E-state index in [0.29, 0.717) is 13.1 Å². The van der Waals surface area contributed by atoms with E-state index in [-0.39, 0.29) is 11.5 Å². The summed E-state index contributed by atoms with van der Waals surface area (Å²) in [7, 11) is 0. The Morgan fingerprint density at radius 1 is 1.21 bits per heavy atom. The fourth-order valence-corrected chi connectivity index (χ4v) is 3.70. The zero-order chi connectivity index (χ0) is 20.0. The molecule has 3 heterocycles. The Labute approximate surface area is 168 Å². The number of ether oxygens (including phenoxy) is 1. The van der Waals surface area contributed by atoms with Gasteiger partial charge in [0.15, 0.2) is 0 Å². The summed E-state index contributed by atoms with van der Waals surface area (Å²) < 4.78 is 6.11. The van der Waals surface area contributed by atoms with Crippen molar-refractivity contribution >= 4 is 22.6 Å². The van der Waals surface area contributed by atoms with Gasteiger partial charge in [-0.1, -0.05) is 0 Å². The van der Waals surface area contributed by atoms with Crippen LogP contribution in [0, 0.1) is 0 Å². The number of fused-ring (bicyclic) bond motifs is 1. The van der Waals surface area contributed by atoms with Crippen LogP contribution in [0.4, 0.5) is 5.82 Å². The maximum absolute atomic E-state index is 12.3. The van der Waals surface area contributed by atoms with Gasteiger partial charge in [-0.25, -0.2) is 9.97 Å². The maximum Gasteiger partial charge on any atom is 0.242 e. The molecule has 0 unspecified atom stereocenters. The Hall–Kier alpha value is -3.16. The van der Waals surface area contributed by atoms with Gasteiger partial charge in [-0.3, -0.25) is 9.89 Å². The van der Waals surface area contributed by atoms with Crippen molar-refractivity contribution < 1.29 is 9.53 Å². The van der Waals surface area contributed by atoms with Crippen LogP contribution in [-0.2, 0) is 4.79 Å². The van der Waals surface area contributed by atoms with E-state index in [0.717, 1.165) is 59.8 Å². The Morgan fingerprint density at radius 3 is 2.83 bits per heavy atom. The lowest BCUT2D eigenvalue weighted by molar-refractivity contribution is -0.130. The van der Waals surface area contributed by atoms with Crippen LogP contribution >= 0.6 is 0 Å². The van der Waals surface area contributed by atoms with E-state index in [1.54, 1.807) is 0 Å². The topological polar surface area (TPSA) is 87.2 Å². The van der Waals surface area contributed by atoms with Crippen molar-refractivity contribution in [2.75, 3.05) is 31.1 Å². The fraction of sp³-hybridized carbons (Fsp3) is 0.429. The van der Waals surface area contributed by atoms with Crippen molar-refractivity contribution in [2.45, 2.75) is 32.3 Å². The molecule has 2 aliphatic rings. The monoisotopic (exact) mass is 392 g/mol. The van der Waals surface area contributed by atoms with Gasteiger partial charge in [-0.15, -0.1) is 0 Å². The quantitative estimate of drug-likeness (QED) is 0.718. The van der Waals surface area contributed by atoms with Crippen molar-refractivity contribution in [1.29, 1.82) is 0 Å². The average Bonchev–Trinajstić information content (AvgIpc) is 3.30. The van der Waals surface area contributed by atoms with Gasteiger partial charge in [0.25, 0.3) is 0 Å². The number of hydrogen-bond acceptors (Lipinski definition) is 6. The lowest BCUT2D eigenvalue weighted by atomic mass is 10.1. The van der Waals surface area contributed by atoms with Gasteiger partial charge in [0.2, 0.25) is 5.91 Å². The number of aromatic amines is 1. The first-order chi connectivity index (χ1) is 14.0. The standard InChI is InChI=1S/C21H24N6O2/c1-3-26-8-9-27(12-19(26)28)18-11-17(22-13-23-18)20-15-10-14(29-21(2)6-7-21)4-5-16(15)24-25-20/h4-5,10-11,13H,3,6-9,12H2,1-2H3,(H,24,25). The molecule has 3 aromatic rings. The Balaban J connectivity index is 1.45. The molecule has 1 aromatic carbocycles. The van der Waals surface area contributed by atoms with Gasteiger partial charge >= 0.3 is 0 Å². The number of carbonyl (C=O) groups excluding carboxylic acids is 1. The molecule has 2 aromatic heterocycles. The van der Waals surface area contributed by atoms with E-state index in [2.05, 4.69) is 27.1 Å². The number of H-pyrrole nitrogens is 1. The number of amides is 1. The van der Waals surface area contributed by atoms with Crippen molar-refractivity contribution in [3.8, 4) is 17.1 Å². The fourth-order valence-electron chi connectivity index (χ4n) is 3.70. The number of carbonyl (C=O) groups is 1. The number of likely N-dealkylation sites (N-methyl/N-ethyl adjacent to an activating group) is 1. The van der Waals surface area contributed by atoms with Gasteiger partial charge in [0.1, 0.15) is 29.2 Å². The van der Waals surface area contributed by atoms with Crippen molar-refractivity contribution in [3.63, 3.8) is 0 Å². The average molecular weight is 392 g/mol. The zero-order valence-electron chi connectivity index (χ0n) is 16.7. The highest BCUT2D eigenvalue weighted by molar-refractivity contribution is 5.93. The molecule has 5 rings (SSSR count). The normalized spacial score (nSPS) is 18.3. The smallest absolute Gasteiger partial charge is 0.242 e. The van der Waals surface area contributed by atoms with Gasteiger partial charge in [-0.05, 0) is 44.9 Å². The van der Waals surface area contributed by atoms with E-state index >= 15 is 0 Å². The molecule has 8 heteroatoms. The SMILES string of the molecule is CCN1CCN(c2cc(-c3n[nH]c4ccc(OC5(C)CC5)cc34)ncn2)CC1=O. The van der Waals surface area contributed by atoms with Crippen LogP contribution in [0.2, 0.25) is 0 Å². The molecule has 1 amide bonds. The number of piperazine rings is 1. The molecule has 0 bridgehead atoms. The molecule has 1 saturated carbocycles. The first-order valence-corrected chi connectivity index (χ1v) is 10.1. The van der Waals surface area contributed by atoms with Crippen LogP contribution in [0.3, 0.4) is 0 Å². The second kappa shape index (κ2) is 6.72. The molecule has 2 fully saturated rings. The maximum atomic E-state index is 12.3. The number of rotatable bonds is 5. The number of benzene rings is 1. The molecule has 1 N–H and O–H groups in total. The molecule has 1 aliphatic carbocycles. The summed E-state index contributed by atoms with van der Waals surface area (Å²) in [6.07, 6.45) is 3.71. The highest BCUT2D eigenvalue weighted by Gasteiger charge is 2.40. The van der Waals surface area contributed by atoms with E-state index in [9.17, 15) is 4.79 Å². The van der Waals surface area contributed by atoms with Crippen molar-refractivity contribution in [1.82, 2.24) is 25.1 Å². The predicted molar refractivity (Wildman–Crippen MR) is 110 cm³/mol. The number of anilines is 1. The molecule has 0 spiro atoms. The Morgan fingerprint density at radius 2 is 2.07 bits per heavy atom. The van der Waals surface area contributed by atoms with Crippen LogP contribution in [0.1, 0.15) is 26.7 Å². The second-order valence-electron chi connectivity index (χ2n) is 7.99. The summed E-state index contributed by atoms with van der Waals surface area (Å²) in [5.74, 6) is 1.71. The number of nitrogens with zero attached hydrogens (tertiary/aromatic N) is 5. The summed E-state index contributed by atoms with van der Waals surface area (Å²) in [5, 5.41) is 8.51. The lowest BCUT2D eigenvalue weighted by Gasteiger charge is -2.34. The highest BCUT2D eigenvalue weighted by Crippen LogP contribution is 2.40. The Kier molecular flexibility index (Phi) is 4.15. The van der Waals surface area contributed by atoms with Gasteiger partial charge in [0, 0.05) is 31.1 Å². The number of hydrogen-bond donors (Lipinski definition) is 1. The van der Waals surface area contributed by atoms with E-state index in [1.807, 2.05) is 41.0 Å². The number of aromatic nitrogens is 4. The summed E-state index contributed by atoms with van der Waals surface area (Å²) in [6, 6.07) is 7.87. The Bertz CT molecular complexity index is 1070. The lowest BCUT2D eigenvalue weighted by Crippen LogP contribution is -2.50. The third-order valence-corrected chi connectivity index (χ3v) is 5.77. The molecule has 1 saturated heterocycles. The highest BCUT2D eigenvalue weighted by atomic mass is 16.5. The molecule has 1 aliphatic heterocycles. The summed E-state index contributed by atoms with van der Waals surface area (Å²) >= 11 is 0. The largest absolute Gasteiger partial charge is 0.488 e. The third-order valence-electron chi connectivity index (χ3n) is 5.77. The van der Waals surface area contributed by atoms with Crippen LogP contribution in [0.5, 0.6) is 5.75 Å². The molecule has 0 radical (unpaired) electrons. The van der Waals surface area contributed by atoms with E-state index in [4.69, 9.17) is 4.74 Å². The molecular weight excluding hydrogens is 368 g/mol. The van der Waals surface area contributed by atoms with Gasteiger partial charge in [0.05, 0.1) is 17.8 Å². The van der Waals surface area contributed by atoms with Gasteiger partial charge < -0.3 is 14.5 Å². The van der Waals surface area contributed by atoms with E-state index < -0.39 is 0 Å². The molecule has 29 heavy (non-hydrogen) atoms. The second-order valence-corrected chi connectivity index (χ2v) is 7.99.